The van der Waals surface area contributed by atoms with E-state index < -0.39 is 0 Å². The lowest BCUT2D eigenvalue weighted by Crippen LogP contribution is -2.05. The third kappa shape index (κ3) is 3.96. The lowest BCUT2D eigenvalue weighted by molar-refractivity contribution is 0.889. The molecule has 4 nitrogen and oxygen atoms in total. The molecule has 1 aliphatic rings. The first-order valence-electron chi connectivity index (χ1n) is 16.3. The summed E-state index contributed by atoms with van der Waals surface area (Å²) < 4.78 is 7.11. The summed E-state index contributed by atoms with van der Waals surface area (Å²) in [5.41, 5.74) is 10.5. The van der Waals surface area contributed by atoms with Crippen LogP contribution >= 0.6 is 11.3 Å². The number of allylic oxidation sites excluding steroid dienone is 1. The molecule has 0 aliphatic heterocycles. The van der Waals surface area contributed by atoms with E-state index in [1.54, 1.807) is 0 Å². The summed E-state index contributed by atoms with van der Waals surface area (Å²) in [6.07, 6.45) is 6.17. The van der Waals surface area contributed by atoms with Gasteiger partial charge in [0.05, 0.1) is 40.0 Å². The fourth-order valence-corrected chi connectivity index (χ4v) is 8.98. The SMILES string of the molecule is N#Cc1ccc(-c2c#cc3c(c2)c2c4sc5ccccc5c4ccc2n3-c2ccccc2)c(-n2c3c(c4cc(C#N)ccc42)C=CCC3)c1. The quantitative estimate of drug-likeness (QED) is 0.193. The summed E-state index contributed by atoms with van der Waals surface area (Å²) in [7, 11) is 0. The molecule has 49 heavy (non-hydrogen) atoms. The van der Waals surface area contributed by atoms with Crippen molar-refractivity contribution in [2.24, 2.45) is 0 Å². The third-order valence-electron chi connectivity index (χ3n) is 9.86. The van der Waals surface area contributed by atoms with Crippen molar-refractivity contribution in [3.63, 3.8) is 0 Å². The molecule has 0 N–H and O–H groups in total. The predicted molar refractivity (Wildman–Crippen MR) is 200 cm³/mol. The van der Waals surface area contributed by atoms with Crippen LogP contribution in [0.25, 0.3) is 81.5 Å². The molecule has 0 radical (unpaired) electrons. The maximum absolute atomic E-state index is 10.1. The standard InChI is InChI=1S/C44H24N4S/c45-25-27-15-19-38-35(22-27)32-10-4-6-12-37(32)48(38)41-23-28(26-46)14-17-31(41)29-16-20-39-36(24-29)43-40(47(39)30-8-2-1-3-9-30)21-18-34-33-11-5-7-13-42(33)49-44(34)43/h1-5,7-11,13-15,17-19,21-24H,6,12H2. The molecule has 0 saturated carbocycles. The summed E-state index contributed by atoms with van der Waals surface area (Å²) in [4.78, 5) is 0. The molecular formula is C44H24N4S. The van der Waals surface area contributed by atoms with Gasteiger partial charge >= 0.3 is 0 Å². The van der Waals surface area contributed by atoms with Gasteiger partial charge in [0.15, 0.2) is 0 Å². The first kappa shape index (κ1) is 27.5. The number of thiophene rings is 1. The molecule has 0 fully saturated rings. The fraction of sp³-hybridized carbons (Fsp3) is 0.0455. The topological polar surface area (TPSA) is 57.4 Å². The van der Waals surface area contributed by atoms with Gasteiger partial charge in [0.2, 0.25) is 0 Å². The lowest BCUT2D eigenvalue weighted by Gasteiger charge is -2.17. The number of hydrogen-bond donors (Lipinski definition) is 0. The summed E-state index contributed by atoms with van der Waals surface area (Å²) in [6, 6.07) is 49.5. The Balaban J connectivity index is 1.30. The van der Waals surface area contributed by atoms with Gasteiger partial charge in [-0.2, -0.15) is 10.5 Å². The summed E-state index contributed by atoms with van der Waals surface area (Å²) >= 11 is 1.84. The normalized spacial score (nSPS) is 12.4. The van der Waals surface area contributed by atoms with Crippen molar-refractivity contribution in [1.82, 2.24) is 9.13 Å². The summed E-state index contributed by atoms with van der Waals surface area (Å²) in [5, 5.41) is 25.6. The molecule has 3 heterocycles. The highest BCUT2D eigenvalue weighted by atomic mass is 32.1. The monoisotopic (exact) mass is 640 g/mol. The highest BCUT2D eigenvalue weighted by Crippen LogP contribution is 2.44. The first-order valence-corrected chi connectivity index (χ1v) is 17.1. The van der Waals surface area contributed by atoms with E-state index >= 15 is 0 Å². The number of rotatable bonds is 3. The van der Waals surface area contributed by atoms with Gasteiger partial charge in [-0.15, -0.1) is 11.3 Å². The van der Waals surface area contributed by atoms with Crippen LogP contribution in [-0.4, -0.2) is 9.13 Å². The van der Waals surface area contributed by atoms with Crippen LogP contribution in [0.2, 0.25) is 0 Å². The smallest absolute Gasteiger partial charge is 0.105 e. The van der Waals surface area contributed by atoms with Gasteiger partial charge in [-0.1, -0.05) is 66.7 Å². The van der Waals surface area contributed by atoms with Gasteiger partial charge in [0.1, 0.15) is 5.52 Å². The Hall–Kier alpha value is -6.58. The first-order chi connectivity index (χ1) is 24.2. The number of benzene rings is 5. The molecule has 10 rings (SSSR count). The Morgan fingerprint density at radius 1 is 0.673 bits per heavy atom. The molecule has 0 bridgehead atoms. The Morgan fingerprint density at radius 2 is 1.47 bits per heavy atom. The van der Waals surface area contributed by atoms with Crippen LogP contribution < -0.4 is 0 Å². The van der Waals surface area contributed by atoms with E-state index in [2.05, 4.69) is 112 Å². The van der Waals surface area contributed by atoms with Crippen LogP contribution in [0.4, 0.5) is 0 Å². The zero-order valence-corrected chi connectivity index (χ0v) is 27.0. The number of hydrogen-bond acceptors (Lipinski definition) is 3. The zero-order chi connectivity index (χ0) is 32.6. The van der Waals surface area contributed by atoms with Crippen molar-refractivity contribution in [3.8, 4) is 34.6 Å². The highest BCUT2D eigenvalue weighted by molar-refractivity contribution is 7.26. The van der Waals surface area contributed by atoms with Crippen LogP contribution in [0.15, 0.2) is 115 Å². The van der Waals surface area contributed by atoms with E-state index in [0.717, 1.165) is 68.2 Å². The molecule has 1 aliphatic carbocycles. The molecule has 0 saturated heterocycles. The van der Waals surface area contributed by atoms with Gasteiger partial charge in [0, 0.05) is 64.4 Å². The maximum Gasteiger partial charge on any atom is 0.105 e. The summed E-state index contributed by atoms with van der Waals surface area (Å²) in [6.45, 7) is 0. The second-order valence-electron chi connectivity index (χ2n) is 12.5. The van der Waals surface area contributed by atoms with Crippen molar-refractivity contribution in [2.45, 2.75) is 12.8 Å². The highest BCUT2D eigenvalue weighted by Gasteiger charge is 2.23. The van der Waals surface area contributed by atoms with E-state index in [9.17, 15) is 10.5 Å². The van der Waals surface area contributed by atoms with Crippen LogP contribution in [-0.2, 0) is 6.42 Å². The fourth-order valence-electron chi connectivity index (χ4n) is 7.73. The maximum atomic E-state index is 10.1. The third-order valence-corrected chi connectivity index (χ3v) is 11.1. The van der Waals surface area contributed by atoms with Gasteiger partial charge in [-0.05, 0) is 79.6 Å². The van der Waals surface area contributed by atoms with Crippen molar-refractivity contribution in [2.75, 3.05) is 0 Å². The summed E-state index contributed by atoms with van der Waals surface area (Å²) in [5.74, 6) is 0. The number of aromatic nitrogens is 2. The van der Waals surface area contributed by atoms with E-state index in [-0.39, 0.29) is 0 Å². The van der Waals surface area contributed by atoms with Crippen molar-refractivity contribution in [1.29, 1.82) is 10.5 Å². The van der Waals surface area contributed by atoms with Crippen LogP contribution in [0.5, 0.6) is 0 Å². The Bertz CT molecular complexity index is 2960. The van der Waals surface area contributed by atoms with Crippen LogP contribution in [0, 0.1) is 34.8 Å². The average Bonchev–Trinajstić information content (AvgIpc) is 3.82. The zero-order valence-electron chi connectivity index (χ0n) is 26.2. The molecule has 3 aromatic heterocycles. The molecule has 9 aromatic rings. The number of nitrogens with zero attached hydrogens (tertiary/aromatic N) is 4. The molecule has 226 valence electrons. The van der Waals surface area contributed by atoms with E-state index in [0.29, 0.717) is 11.1 Å². The molecule has 0 atom stereocenters. The van der Waals surface area contributed by atoms with Crippen LogP contribution in [0.1, 0.15) is 28.8 Å². The lowest BCUT2D eigenvalue weighted by atomic mass is 9.99. The molecule has 0 spiro atoms. The Labute approximate surface area is 286 Å². The van der Waals surface area contributed by atoms with Crippen molar-refractivity contribution >= 4 is 70.3 Å². The molecule has 0 unspecified atom stereocenters. The molecular weight excluding hydrogens is 617 g/mol. The van der Waals surface area contributed by atoms with E-state index in [4.69, 9.17) is 0 Å². The molecule has 5 heteroatoms. The number of nitriles is 2. The van der Waals surface area contributed by atoms with Crippen molar-refractivity contribution < 1.29 is 0 Å². The minimum absolute atomic E-state index is 0.590. The van der Waals surface area contributed by atoms with Gasteiger partial charge in [0.25, 0.3) is 0 Å². The predicted octanol–water partition coefficient (Wildman–Crippen LogP) is 11.1. The van der Waals surface area contributed by atoms with E-state index in [1.807, 2.05) is 53.8 Å². The minimum Gasteiger partial charge on any atom is -0.312 e. The minimum atomic E-state index is 0.590. The largest absolute Gasteiger partial charge is 0.312 e. The second kappa shape index (κ2) is 10.5. The Morgan fingerprint density at radius 3 is 2.35 bits per heavy atom. The average molecular weight is 641 g/mol. The van der Waals surface area contributed by atoms with Crippen molar-refractivity contribution in [3.05, 3.63) is 150 Å². The Kier molecular flexibility index (Phi) is 5.88. The number of fused-ring (bicyclic) bond motifs is 10. The van der Waals surface area contributed by atoms with E-state index in [1.165, 1.54) is 31.3 Å². The number of para-hydroxylation sites is 1. The van der Waals surface area contributed by atoms with Gasteiger partial charge < -0.3 is 9.13 Å². The van der Waals surface area contributed by atoms with Gasteiger partial charge in [-0.25, -0.2) is 0 Å². The van der Waals surface area contributed by atoms with Crippen LogP contribution in [0.3, 0.4) is 0 Å². The molecule has 6 aromatic carbocycles. The van der Waals surface area contributed by atoms with Gasteiger partial charge in [-0.3, -0.25) is 0 Å². The second-order valence-corrected chi connectivity index (χ2v) is 13.6. The molecule has 0 amide bonds.